The van der Waals surface area contributed by atoms with Crippen molar-refractivity contribution < 1.29 is 4.79 Å². The molecular weight excluding hydrogens is 262 g/mol. The third-order valence-electron chi connectivity index (χ3n) is 3.62. The lowest BCUT2D eigenvalue weighted by Crippen LogP contribution is -2.34. The molecule has 1 amide bonds. The number of hydrogen-bond donors (Lipinski definition) is 1. The Kier molecular flexibility index (Phi) is 3.57. The van der Waals surface area contributed by atoms with Gasteiger partial charge in [-0.15, -0.1) is 0 Å². The van der Waals surface area contributed by atoms with E-state index in [0.29, 0.717) is 5.56 Å². The molecule has 0 radical (unpaired) electrons. The average Bonchev–Trinajstić information content (AvgIpc) is 2.97. The minimum Gasteiger partial charge on any atom is -0.376 e. The summed E-state index contributed by atoms with van der Waals surface area (Å²) in [5.41, 5.74) is 3.60. The maximum atomic E-state index is 12.3. The summed E-state index contributed by atoms with van der Waals surface area (Å²) in [5.74, 6) is 0.0438. The molecule has 1 N–H and O–H groups in total. The Morgan fingerprint density at radius 3 is 2.95 bits per heavy atom. The highest BCUT2D eigenvalue weighted by Gasteiger charge is 2.23. The number of carbonyl (C=O) groups excluding carboxylic acids is 1. The van der Waals surface area contributed by atoms with Crippen molar-refractivity contribution in [3.8, 4) is 6.07 Å². The van der Waals surface area contributed by atoms with Crippen LogP contribution in [-0.4, -0.2) is 19.0 Å². The number of nitrogens with zero attached hydrogens (tertiary/aromatic N) is 2. The number of nitriles is 1. The van der Waals surface area contributed by atoms with E-state index in [1.807, 2.05) is 29.2 Å². The number of hydrogen-bond acceptors (Lipinski definition) is 3. The van der Waals surface area contributed by atoms with E-state index in [-0.39, 0.29) is 12.5 Å². The minimum absolute atomic E-state index is 0.0438. The van der Waals surface area contributed by atoms with E-state index in [4.69, 9.17) is 5.26 Å². The molecule has 0 spiro atoms. The fourth-order valence-electron chi connectivity index (χ4n) is 2.57. The summed E-state index contributed by atoms with van der Waals surface area (Å²) < 4.78 is 0. The predicted molar refractivity (Wildman–Crippen MR) is 82.1 cm³/mol. The number of fused-ring (bicyclic) bond motifs is 1. The van der Waals surface area contributed by atoms with Crippen LogP contribution < -0.4 is 10.2 Å². The van der Waals surface area contributed by atoms with Crippen LogP contribution in [0, 0.1) is 11.3 Å². The largest absolute Gasteiger partial charge is 0.376 e. The van der Waals surface area contributed by atoms with Crippen molar-refractivity contribution >= 4 is 17.3 Å². The normalized spacial score (nSPS) is 12.6. The van der Waals surface area contributed by atoms with Gasteiger partial charge in [0.1, 0.15) is 0 Å². The van der Waals surface area contributed by atoms with Gasteiger partial charge in [-0.2, -0.15) is 5.26 Å². The Bertz CT molecular complexity index is 718. The Labute approximate surface area is 123 Å². The molecule has 0 aromatic heterocycles. The van der Waals surface area contributed by atoms with Gasteiger partial charge in [0.2, 0.25) is 5.91 Å². The van der Waals surface area contributed by atoms with E-state index in [2.05, 4.69) is 17.5 Å². The van der Waals surface area contributed by atoms with Gasteiger partial charge in [0.15, 0.2) is 0 Å². The van der Waals surface area contributed by atoms with Gasteiger partial charge >= 0.3 is 0 Å². The molecule has 0 fully saturated rings. The van der Waals surface area contributed by atoms with Crippen molar-refractivity contribution in [1.29, 1.82) is 5.26 Å². The lowest BCUT2D eigenvalue weighted by atomic mass is 10.2. The maximum absolute atomic E-state index is 12.3. The molecule has 1 heterocycles. The molecule has 4 heteroatoms. The first kappa shape index (κ1) is 13.2. The molecule has 1 aliphatic heterocycles. The second-order valence-corrected chi connectivity index (χ2v) is 4.97. The summed E-state index contributed by atoms with van der Waals surface area (Å²) >= 11 is 0. The van der Waals surface area contributed by atoms with Gasteiger partial charge in [-0.1, -0.05) is 24.3 Å². The fourth-order valence-corrected chi connectivity index (χ4v) is 2.57. The van der Waals surface area contributed by atoms with Gasteiger partial charge in [-0.3, -0.25) is 4.79 Å². The second kappa shape index (κ2) is 5.68. The van der Waals surface area contributed by atoms with Crippen LogP contribution in [-0.2, 0) is 11.2 Å². The molecule has 1 aliphatic rings. The van der Waals surface area contributed by atoms with Gasteiger partial charge in [0, 0.05) is 17.9 Å². The number of amides is 1. The van der Waals surface area contributed by atoms with E-state index < -0.39 is 0 Å². The van der Waals surface area contributed by atoms with Crippen LogP contribution in [0.15, 0.2) is 48.5 Å². The van der Waals surface area contributed by atoms with Gasteiger partial charge in [-0.05, 0) is 36.2 Å². The molecule has 3 rings (SSSR count). The fraction of sp³-hybridized carbons (Fsp3) is 0.176. The first-order valence-electron chi connectivity index (χ1n) is 6.90. The van der Waals surface area contributed by atoms with Crippen LogP contribution in [0.4, 0.5) is 11.4 Å². The number of anilines is 2. The van der Waals surface area contributed by atoms with Crippen molar-refractivity contribution in [3.63, 3.8) is 0 Å². The Hall–Kier alpha value is -2.80. The Morgan fingerprint density at radius 1 is 1.24 bits per heavy atom. The molecule has 0 saturated heterocycles. The Morgan fingerprint density at radius 2 is 2.10 bits per heavy atom. The van der Waals surface area contributed by atoms with Crippen LogP contribution in [0.1, 0.15) is 11.1 Å². The van der Waals surface area contributed by atoms with Crippen molar-refractivity contribution in [3.05, 3.63) is 59.7 Å². The number of benzene rings is 2. The molecule has 0 aliphatic carbocycles. The van der Waals surface area contributed by atoms with E-state index in [1.54, 1.807) is 18.2 Å². The molecule has 0 bridgehead atoms. The predicted octanol–water partition coefficient (Wildman–Crippen LogP) is 2.56. The van der Waals surface area contributed by atoms with Gasteiger partial charge in [-0.25, -0.2) is 0 Å². The zero-order valence-electron chi connectivity index (χ0n) is 11.5. The monoisotopic (exact) mass is 277 g/mol. The van der Waals surface area contributed by atoms with Crippen LogP contribution >= 0.6 is 0 Å². The lowest BCUT2D eigenvalue weighted by molar-refractivity contribution is -0.116. The zero-order valence-corrected chi connectivity index (χ0v) is 11.5. The first-order valence-corrected chi connectivity index (χ1v) is 6.90. The van der Waals surface area contributed by atoms with Crippen LogP contribution in [0.3, 0.4) is 0 Å². The highest BCUT2D eigenvalue weighted by atomic mass is 16.2. The smallest absolute Gasteiger partial charge is 0.246 e. The van der Waals surface area contributed by atoms with Gasteiger partial charge in [0.25, 0.3) is 0 Å². The molecule has 4 nitrogen and oxygen atoms in total. The summed E-state index contributed by atoms with van der Waals surface area (Å²) in [6.07, 6.45) is 0.909. The topological polar surface area (TPSA) is 56.1 Å². The number of carbonyl (C=O) groups is 1. The molecule has 21 heavy (non-hydrogen) atoms. The molecule has 0 saturated carbocycles. The average molecular weight is 277 g/mol. The SMILES string of the molecule is N#Cc1cccc(NCC(=O)N2CCc3ccccc32)c1. The van der Waals surface area contributed by atoms with Crippen molar-refractivity contribution in [1.82, 2.24) is 0 Å². The standard InChI is InChI=1S/C17H15N3O/c18-11-13-4-3-6-15(10-13)19-12-17(21)20-9-8-14-5-1-2-7-16(14)20/h1-7,10,19H,8-9,12H2. The summed E-state index contributed by atoms with van der Waals surface area (Å²) in [6, 6.07) is 17.2. The lowest BCUT2D eigenvalue weighted by Gasteiger charge is -2.18. The molecule has 0 unspecified atom stereocenters. The van der Waals surface area contributed by atoms with E-state index in [9.17, 15) is 4.79 Å². The van der Waals surface area contributed by atoms with Gasteiger partial charge < -0.3 is 10.2 Å². The van der Waals surface area contributed by atoms with Crippen LogP contribution in [0.5, 0.6) is 0 Å². The molecular formula is C17H15N3O. The third kappa shape index (κ3) is 2.72. The van der Waals surface area contributed by atoms with Crippen LogP contribution in [0.25, 0.3) is 0 Å². The minimum atomic E-state index is 0.0438. The number of rotatable bonds is 3. The summed E-state index contributed by atoms with van der Waals surface area (Å²) in [4.78, 5) is 14.2. The zero-order chi connectivity index (χ0) is 14.7. The van der Waals surface area contributed by atoms with E-state index >= 15 is 0 Å². The quantitative estimate of drug-likeness (QED) is 0.938. The number of para-hydroxylation sites is 1. The van der Waals surface area contributed by atoms with E-state index in [1.165, 1.54) is 5.56 Å². The van der Waals surface area contributed by atoms with Crippen LogP contribution in [0.2, 0.25) is 0 Å². The first-order chi connectivity index (χ1) is 10.3. The second-order valence-electron chi connectivity index (χ2n) is 4.97. The summed E-state index contributed by atoms with van der Waals surface area (Å²) in [5, 5.41) is 12.0. The third-order valence-corrected chi connectivity index (χ3v) is 3.62. The van der Waals surface area contributed by atoms with Crippen molar-refractivity contribution in [2.45, 2.75) is 6.42 Å². The van der Waals surface area contributed by atoms with Gasteiger partial charge in [0.05, 0.1) is 18.2 Å². The molecule has 2 aromatic carbocycles. The molecule has 0 atom stereocenters. The highest BCUT2D eigenvalue weighted by molar-refractivity contribution is 5.98. The molecule has 2 aromatic rings. The number of nitrogens with one attached hydrogen (secondary N) is 1. The summed E-state index contributed by atoms with van der Waals surface area (Å²) in [6.45, 7) is 0.960. The Balaban J connectivity index is 1.67. The molecule has 104 valence electrons. The van der Waals surface area contributed by atoms with Crippen molar-refractivity contribution in [2.75, 3.05) is 23.3 Å². The maximum Gasteiger partial charge on any atom is 0.246 e. The summed E-state index contributed by atoms with van der Waals surface area (Å²) in [7, 11) is 0. The van der Waals surface area contributed by atoms with E-state index in [0.717, 1.165) is 24.3 Å². The van der Waals surface area contributed by atoms with Crippen molar-refractivity contribution in [2.24, 2.45) is 0 Å². The highest BCUT2D eigenvalue weighted by Crippen LogP contribution is 2.27.